The van der Waals surface area contributed by atoms with Crippen LogP contribution < -0.4 is 0 Å². The molecule has 0 N–H and O–H groups in total. The van der Waals surface area contributed by atoms with E-state index >= 15 is 0 Å². The van der Waals surface area contributed by atoms with Gasteiger partial charge in [-0.2, -0.15) is 12.6 Å². The van der Waals surface area contributed by atoms with Gasteiger partial charge in [0, 0.05) is 5.25 Å². The quantitative estimate of drug-likeness (QED) is 0.497. The zero-order valence-corrected chi connectivity index (χ0v) is 7.20. The molecule has 1 saturated carbocycles. The summed E-state index contributed by atoms with van der Waals surface area (Å²) in [6.45, 7) is 4.64. The Morgan fingerprint density at radius 1 is 1.22 bits per heavy atom. The van der Waals surface area contributed by atoms with Gasteiger partial charge in [-0.05, 0) is 24.7 Å². The molecule has 9 heavy (non-hydrogen) atoms. The third-order valence-electron chi connectivity index (χ3n) is 2.42. The molecule has 0 radical (unpaired) electrons. The smallest absolute Gasteiger partial charge is 0.00449 e. The molecule has 0 aromatic rings. The second-order valence-electron chi connectivity index (χ2n) is 3.46. The molecule has 1 heteroatoms. The summed E-state index contributed by atoms with van der Waals surface area (Å²) in [6.07, 6.45) is 4.12. The van der Waals surface area contributed by atoms with Gasteiger partial charge in [0.25, 0.3) is 0 Å². The van der Waals surface area contributed by atoms with Gasteiger partial charge in [-0.3, -0.25) is 0 Å². The van der Waals surface area contributed by atoms with Crippen LogP contribution in [-0.2, 0) is 0 Å². The van der Waals surface area contributed by atoms with Gasteiger partial charge < -0.3 is 0 Å². The highest BCUT2D eigenvalue weighted by Gasteiger charge is 2.21. The van der Waals surface area contributed by atoms with Crippen molar-refractivity contribution in [3.63, 3.8) is 0 Å². The zero-order valence-electron chi connectivity index (χ0n) is 6.30. The molecular weight excluding hydrogens is 128 g/mol. The highest BCUT2D eigenvalue weighted by atomic mass is 32.1. The topological polar surface area (TPSA) is 0 Å². The molecule has 0 aliphatic heterocycles. The lowest BCUT2D eigenvalue weighted by molar-refractivity contribution is 0.319. The molecule has 0 heterocycles. The Bertz CT molecular complexity index is 90.6. The van der Waals surface area contributed by atoms with Gasteiger partial charge in [-0.25, -0.2) is 0 Å². The predicted molar refractivity (Wildman–Crippen MR) is 45.0 cm³/mol. The molecular formula is C8H16S. The maximum atomic E-state index is 4.52. The van der Waals surface area contributed by atoms with E-state index in [2.05, 4.69) is 26.5 Å². The highest BCUT2D eigenvalue weighted by molar-refractivity contribution is 7.81. The van der Waals surface area contributed by atoms with Gasteiger partial charge in [0.05, 0.1) is 0 Å². The Kier molecular flexibility index (Phi) is 2.45. The molecule has 1 fully saturated rings. The molecule has 0 nitrogen and oxygen atoms in total. The fraction of sp³-hybridized carbons (Fsp3) is 1.00. The minimum absolute atomic E-state index is 0.675. The summed E-state index contributed by atoms with van der Waals surface area (Å²) in [4.78, 5) is 0. The summed E-state index contributed by atoms with van der Waals surface area (Å²) in [5.74, 6) is 1.77. The van der Waals surface area contributed by atoms with E-state index in [-0.39, 0.29) is 0 Å². The van der Waals surface area contributed by atoms with Crippen molar-refractivity contribution >= 4 is 12.6 Å². The highest BCUT2D eigenvalue weighted by Crippen LogP contribution is 2.31. The SMILES string of the molecule is CC1CCC(C)C(S)C1. The molecule has 0 aromatic carbocycles. The lowest BCUT2D eigenvalue weighted by Crippen LogP contribution is -2.21. The molecule has 3 unspecified atom stereocenters. The van der Waals surface area contributed by atoms with Gasteiger partial charge in [-0.15, -0.1) is 0 Å². The lowest BCUT2D eigenvalue weighted by Gasteiger charge is -2.28. The van der Waals surface area contributed by atoms with Crippen LogP contribution in [0.15, 0.2) is 0 Å². The average Bonchev–Trinajstić information content (AvgIpc) is 1.80. The van der Waals surface area contributed by atoms with Crippen LogP contribution in [0.3, 0.4) is 0 Å². The number of thiol groups is 1. The first-order valence-electron chi connectivity index (χ1n) is 3.88. The molecule has 0 spiro atoms. The minimum atomic E-state index is 0.675. The molecule has 54 valence electrons. The Labute approximate surface area is 63.4 Å². The molecule has 3 atom stereocenters. The third kappa shape index (κ3) is 1.89. The van der Waals surface area contributed by atoms with E-state index in [1.54, 1.807) is 0 Å². The Hall–Kier alpha value is 0.350. The number of hydrogen-bond acceptors (Lipinski definition) is 1. The summed E-state index contributed by atoms with van der Waals surface area (Å²) in [7, 11) is 0. The van der Waals surface area contributed by atoms with Gasteiger partial charge in [0.1, 0.15) is 0 Å². The van der Waals surface area contributed by atoms with Crippen molar-refractivity contribution < 1.29 is 0 Å². The molecule has 0 amide bonds. The predicted octanol–water partition coefficient (Wildman–Crippen LogP) is 2.74. The van der Waals surface area contributed by atoms with Crippen LogP contribution >= 0.6 is 12.6 Å². The molecule has 1 aliphatic carbocycles. The van der Waals surface area contributed by atoms with Crippen LogP contribution in [0.1, 0.15) is 33.1 Å². The first-order valence-corrected chi connectivity index (χ1v) is 4.40. The van der Waals surface area contributed by atoms with E-state index in [4.69, 9.17) is 0 Å². The van der Waals surface area contributed by atoms with Crippen LogP contribution in [0, 0.1) is 11.8 Å². The van der Waals surface area contributed by atoms with Gasteiger partial charge >= 0.3 is 0 Å². The Morgan fingerprint density at radius 3 is 2.33 bits per heavy atom. The molecule has 1 aliphatic rings. The Balaban J connectivity index is 2.35. The molecule has 0 saturated heterocycles. The van der Waals surface area contributed by atoms with Crippen LogP contribution in [0.4, 0.5) is 0 Å². The van der Waals surface area contributed by atoms with Crippen LogP contribution in [0.25, 0.3) is 0 Å². The van der Waals surface area contributed by atoms with Crippen LogP contribution in [0.2, 0.25) is 0 Å². The zero-order chi connectivity index (χ0) is 6.85. The minimum Gasteiger partial charge on any atom is -0.176 e. The summed E-state index contributed by atoms with van der Waals surface area (Å²) in [5.41, 5.74) is 0. The summed E-state index contributed by atoms with van der Waals surface area (Å²) >= 11 is 4.52. The van der Waals surface area contributed by atoms with Gasteiger partial charge in [-0.1, -0.05) is 20.3 Å². The van der Waals surface area contributed by atoms with Crippen molar-refractivity contribution in [2.45, 2.75) is 38.4 Å². The van der Waals surface area contributed by atoms with Crippen molar-refractivity contribution in [2.75, 3.05) is 0 Å². The average molecular weight is 144 g/mol. The molecule has 0 bridgehead atoms. The van der Waals surface area contributed by atoms with E-state index in [0.717, 1.165) is 11.8 Å². The molecule has 1 rings (SSSR count). The van der Waals surface area contributed by atoms with Crippen molar-refractivity contribution in [3.8, 4) is 0 Å². The lowest BCUT2D eigenvalue weighted by atomic mass is 9.84. The van der Waals surface area contributed by atoms with Crippen LogP contribution in [0.5, 0.6) is 0 Å². The van der Waals surface area contributed by atoms with E-state index in [9.17, 15) is 0 Å². The van der Waals surface area contributed by atoms with E-state index in [0.29, 0.717) is 5.25 Å². The van der Waals surface area contributed by atoms with Crippen molar-refractivity contribution in [2.24, 2.45) is 11.8 Å². The monoisotopic (exact) mass is 144 g/mol. The van der Waals surface area contributed by atoms with E-state index < -0.39 is 0 Å². The third-order valence-corrected chi connectivity index (χ3v) is 3.14. The number of hydrogen-bond donors (Lipinski definition) is 1. The Morgan fingerprint density at radius 2 is 1.89 bits per heavy atom. The second kappa shape index (κ2) is 2.96. The molecule has 0 aromatic heterocycles. The summed E-state index contributed by atoms with van der Waals surface area (Å²) in [5, 5.41) is 0.675. The first kappa shape index (κ1) is 7.46. The van der Waals surface area contributed by atoms with Crippen molar-refractivity contribution in [1.29, 1.82) is 0 Å². The van der Waals surface area contributed by atoms with Crippen molar-refractivity contribution in [1.82, 2.24) is 0 Å². The van der Waals surface area contributed by atoms with Crippen LogP contribution in [-0.4, -0.2) is 5.25 Å². The fourth-order valence-electron chi connectivity index (χ4n) is 1.50. The maximum Gasteiger partial charge on any atom is 0.00449 e. The van der Waals surface area contributed by atoms with Gasteiger partial charge in [0.2, 0.25) is 0 Å². The maximum absolute atomic E-state index is 4.52. The summed E-state index contributed by atoms with van der Waals surface area (Å²) in [6, 6.07) is 0. The first-order chi connectivity index (χ1) is 4.20. The van der Waals surface area contributed by atoms with Crippen molar-refractivity contribution in [3.05, 3.63) is 0 Å². The fourth-order valence-corrected chi connectivity index (χ4v) is 2.01. The summed E-state index contributed by atoms with van der Waals surface area (Å²) < 4.78 is 0. The van der Waals surface area contributed by atoms with Gasteiger partial charge in [0.15, 0.2) is 0 Å². The normalized spacial score (nSPS) is 45.0. The number of rotatable bonds is 0. The second-order valence-corrected chi connectivity index (χ2v) is 4.13. The van der Waals surface area contributed by atoms with E-state index in [1.165, 1.54) is 19.3 Å². The largest absolute Gasteiger partial charge is 0.176 e. The standard InChI is InChI=1S/C8H16S/c1-6-3-4-7(2)8(9)5-6/h6-9H,3-5H2,1-2H3. The van der Waals surface area contributed by atoms with E-state index in [1.807, 2.05) is 0 Å².